The summed E-state index contributed by atoms with van der Waals surface area (Å²) in [5.41, 5.74) is 0.509. The van der Waals surface area contributed by atoms with Gasteiger partial charge in [-0.3, -0.25) is 4.79 Å². The summed E-state index contributed by atoms with van der Waals surface area (Å²) in [6, 6.07) is 13.5. The molecule has 1 saturated heterocycles. The average Bonchev–Trinajstić information content (AvgIpc) is 2.61. The highest BCUT2D eigenvalue weighted by Gasteiger charge is 2.31. The number of piperazine rings is 1. The lowest BCUT2D eigenvalue weighted by Gasteiger charge is -2.34. The molecule has 0 bridgehead atoms. The van der Waals surface area contributed by atoms with Gasteiger partial charge in [-0.15, -0.1) is 0 Å². The van der Waals surface area contributed by atoms with Crippen LogP contribution in [0.1, 0.15) is 10.4 Å². The van der Waals surface area contributed by atoms with Gasteiger partial charge in [0.25, 0.3) is 5.91 Å². The number of carbonyl (C=O) groups is 1. The zero-order valence-corrected chi connectivity index (χ0v) is 16.4. The monoisotopic (exact) mass is 442 g/mol. The molecule has 1 heterocycles. The molecule has 0 unspecified atom stereocenters. The Morgan fingerprint density at radius 2 is 1.68 bits per heavy atom. The van der Waals surface area contributed by atoms with E-state index in [9.17, 15) is 13.2 Å². The number of rotatable bonds is 3. The van der Waals surface area contributed by atoms with Gasteiger partial charge in [0.2, 0.25) is 10.0 Å². The first-order valence-corrected chi connectivity index (χ1v) is 10.3. The lowest BCUT2D eigenvalue weighted by molar-refractivity contribution is 0.0698. The summed E-state index contributed by atoms with van der Waals surface area (Å²) in [5.74, 6) is -0.138. The highest BCUT2D eigenvalue weighted by Crippen LogP contribution is 2.25. The smallest absolute Gasteiger partial charge is 0.253 e. The van der Waals surface area contributed by atoms with Crippen molar-refractivity contribution >= 4 is 43.5 Å². The molecule has 1 aliphatic rings. The molecular formula is C17H16BrClN2O3S. The number of hydrogen-bond donors (Lipinski definition) is 0. The Bertz CT molecular complexity index is 896. The number of carbonyl (C=O) groups excluding carboxylic acids is 1. The zero-order chi connectivity index (χ0) is 18.0. The summed E-state index contributed by atoms with van der Waals surface area (Å²) in [6.45, 7) is 1.20. The molecule has 132 valence electrons. The Morgan fingerprint density at radius 3 is 2.32 bits per heavy atom. The fourth-order valence-corrected chi connectivity index (χ4v) is 5.30. The molecule has 25 heavy (non-hydrogen) atoms. The maximum atomic E-state index is 12.8. The predicted molar refractivity (Wildman–Crippen MR) is 100 cm³/mol. The standard InChI is InChI=1S/C17H16BrClN2O3S/c18-15-6-1-2-7-16(15)25(23,24)21-10-8-20(9-11-21)17(22)13-4-3-5-14(19)12-13/h1-7,12H,8-11H2. The van der Waals surface area contributed by atoms with Crippen LogP contribution in [0.15, 0.2) is 57.9 Å². The van der Waals surface area contributed by atoms with Crippen molar-refractivity contribution in [3.05, 3.63) is 63.6 Å². The fraction of sp³-hybridized carbons (Fsp3) is 0.235. The number of halogens is 2. The van der Waals surface area contributed by atoms with Crippen molar-refractivity contribution in [1.82, 2.24) is 9.21 Å². The van der Waals surface area contributed by atoms with E-state index in [0.717, 1.165) is 0 Å². The normalized spacial score (nSPS) is 16.0. The van der Waals surface area contributed by atoms with E-state index >= 15 is 0 Å². The third-order valence-corrected chi connectivity index (χ3v) is 7.20. The van der Waals surface area contributed by atoms with Gasteiger partial charge < -0.3 is 4.90 Å². The third kappa shape index (κ3) is 3.89. The fourth-order valence-electron chi connectivity index (χ4n) is 2.73. The molecular weight excluding hydrogens is 428 g/mol. The molecule has 5 nitrogen and oxygen atoms in total. The molecule has 0 saturated carbocycles. The predicted octanol–water partition coefficient (Wildman–Crippen LogP) is 3.25. The maximum Gasteiger partial charge on any atom is 0.253 e. The molecule has 3 rings (SSSR count). The Hall–Kier alpha value is -1.41. The molecule has 0 aliphatic carbocycles. The topological polar surface area (TPSA) is 57.7 Å². The molecule has 1 aliphatic heterocycles. The summed E-state index contributed by atoms with van der Waals surface area (Å²) < 4.78 is 27.5. The van der Waals surface area contributed by atoms with Crippen LogP contribution in [0.4, 0.5) is 0 Å². The van der Waals surface area contributed by atoms with Crippen molar-refractivity contribution in [3.63, 3.8) is 0 Å². The van der Waals surface area contributed by atoms with Gasteiger partial charge in [-0.2, -0.15) is 4.31 Å². The second-order valence-electron chi connectivity index (χ2n) is 5.64. The number of amides is 1. The third-order valence-electron chi connectivity index (χ3n) is 4.05. The molecule has 1 amide bonds. The largest absolute Gasteiger partial charge is 0.336 e. The van der Waals surface area contributed by atoms with E-state index in [4.69, 9.17) is 11.6 Å². The van der Waals surface area contributed by atoms with Gasteiger partial charge in [0.1, 0.15) is 0 Å². The van der Waals surface area contributed by atoms with Gasteiger partial charge in [-0.25, -0.2) is 8.42 Å². The van der Waals surface area contributed by atoms with E-state index in [2.05, 4.69) is 15.9 Å². The van der Waals surface area contributed by atoms with Crippen LogP contribution in [0.2, 0.25) is 5.02 Å². The van der Waals surface area contributed by atoms with Crippen LogP contribution in [0.3, 0.4) is 0 Å². The van der Waals surface area contributed by atoms with Gasteiger partial charge in [-0.1, -0.05) is 29.8 Å². The van der Waals surface area contributed by atoms with Crippen LogP contribution in [-0.2, 0) is 10.0 Å². The van der Waals surface area contributed by atoms with E-state index < -0.39 is 10.0 Å². The van der Waals surface area contributed by atoms with Crippen LogP contribution >= 0.6 is 27.5 Å². The van der Waals surface area contributed by atoms with Crippen LogP contribution in [0.5, 0.6) is 0 Å². The van der Waals surface area contributed by atoms with Gasteiger partial charge >= 0.3 is 0 Å². The average molecular weight is 444 g/mol. The Morgan fingerprint density at radius 1 is 1.00 bits per heavy atom. The zero-order valence-electron chi connectivity index (χ0n) is 13.2. The minimum atomic E-state index is -3.59. The Labute approximate surface area is 160 Å². The number of nitrogens with zero attached hydrogens (tertiary/aromatic N) is 2. The van der Waals surface area contributed by atoms with Gasteiger partial charge in [0.05, 0.1) is 4.90 Å². The SMILES string of the molecule is O=C(c1cccc(Cl)c1)N1CCN(S(=O)(=O)c2ccccc2Br)CC1. The van der Waals surface area contributed by atoms with Gasteiger partial charge in [0.15, 0.2) is 0 Å². The van der Waals surface area contributed by atoms with Crippen molar-refractivity contribution in [2.75, 3.05) is 26.2 Å². The summed E-state index contributed by atoms with van der Waals surface area (Å²) in [6.07, 6.45) is 0. The van der Waals surface area contributed by atoms with Crippen LogP contribution < -0.4 is 0 Å². The number of hydrogen-bond acceptors (Lipinski definition) is 3. The summed E-state index contributed by atoms with van der Waals surface area (Å²) in [4.78, 5) is 14.4. The van der Waals surface area contributed by atoms with Crippen LogP contribution in [0.25, 0.3) is 0 Å². The van der Waals surface area contributed by atoms with Crippen molar-refractivity contribution in [1.29, 1.82) is 0 Å². The van der Waals surface area contributed by atoms with E-state index in [1.54, 1.807) is 53.4 Å². The van der Waals surface area contributed by atoms with E-state index in [1.165, 1.54) is 4.31 Å². The second kappa shape index (κ2) is 7.45. The first-order valence-electron chi connectivity index (χ1n) is 7.69. The first kappa shape index (κ1) is 18.4. The van der Waals surface area contributed by atoms with Crippen molar-refractivity contribution in [3.8, 4) is 0 Å². The van der Waals surface area contributed by atoms with E-state index in [-0.39, 0.29) is 23.9 Å². The first-order chi connectivity index (χ1) is 11.9. The molecule has 1 fully saturated rings. The Kier molecular flexibility index (Phi) is 5.48. The molecule has 2 aromatic rings. The summed E-state index contributed by atoms with van der Waals surface area (Å²) >= 11 is 9.22. The lowest BCUT2D eigenvalue weighted by Crippen LogP contribution is -2.50. The van der Waals surface area contributed by atoms with Gasteiger partial charge in [-0.05, 0) is 46.3 Å². The molecule has 0 N–H and O–H groups in total. The summed E-state index contributed by atoms with van der Waals surface area (Å²) in [7, 11) is -3.59. The van der Waals surface area contributed by atoms with Crippen LogP contribution in [-0.4, -0.2) is 49.7 Å². The summed E-state index contributed by atoms with van der Waals surface area (Å²) in [5, 5.41) is 0.501. The molecule has 0 radical (unpaired) electrons. The van der Waals surface area contributed by atoms with Crippen LogP contribution in [0, 0.1) is 0 Å². The van der Waals surface area contributed by atoms with E-state index in [1.807, 2.05) is 0 Å². The quantitative estimate of drug-likeness (QED) is 0.732. The highest BCUT2D eigenvalue weighted by atomic mass is 79.9. The number of sulfonamides is 1. The Balaban J connectivity index is 1.72. The molecule has 8 heteroatoms. The molecule has 0 aromatic heterocycles. The molecule has 0 spiro atoms. The molecule has 2 aromatic carbocycles. The maximum absolute atomic E-state index is 12.8. The minimum Gasteiger partial charge on any atom is -0.336 e. The lowest BCUT2D eigenvalue weighted by atomic mass is 10.2. The minimum absolute atomic E-state index is 0.138. The van der Waals surface area contributed by atoms with Gasteiger partial charge in [0, 0.05) is 41.2 Å². The van der Waals surface area contributed by atoms with Crippen molar-refractivity contribution in [2.24, 2.45) is 0 Å². The van der Waals surface area contributed by atoms with Crippen molar-refractivity contribution < 1.29 is 13.2 Å². The number of benzene rings is 2. The molecule has 0 atom stereocenters. The van der Waals surface area contributed by atoms with Crippen molar-refractivity contribution in [2.45, 2.75) is 4.90 Å². The van der Waals surface area contributed by atoms with E-state index in [0.29, 0.717) is 28.1 Å². The second-order valence-corrected chi connectivity index (χ2v) is 8.83. The highest BCUT2D eigenvalue weighted by molar-refractivity contribution is 9.10.